The molecule has 0 radical (unpaired) electrons. The maximum absolute atomic E-state index is 11.8. The molecule has 2 N–H and O–H groups in total. The molecule has 0 aliphatic carbocycles. The molecule has 0 spiro atoms. The van der Waals surface area contributed by atoms with E-state index in [1.807, 2.05) is 6.92 Å². The molecule has 1 aliphatic rings. The van der Waals surface area contributed by atoms with E-state index in [-0.39, 0.29) is 6.04 Å². The van der Waals surface area contributed by atoms with Gasteiger partial charge in [-0.2, -0.15) is 0 Å². The molecule has 1 aliphatic heterocycles. The Morgan fingerprint density at radius 2 is 1.87 bits per heavy atom. The van der Waals surface area contributed by atoms with Gasteiger partial charge in [-0.3, -0.25) is 0 Å². The van der Waals surface area contributed by atoms with Crippen molar-refractivity contribution in [3.8, 4) is 0 Å². The third-order valence-electron chi connectivity index (χ3n) is 2.43. The van der Waals surface area contributed by atoms with Crippen LogP contribution in [-0.4, -0.2) is 27.5 Å². The highest BCUT2D eigenvalue weighted by Gasteiger charge is 2.23. The molecule has 0 unspecified atom stereocenters. The fourth-order valence-electron chi connectivity index (χ4n) is 1.38. The van der Waals surface area contributed by atoms with Gasteiger partial charge in [0.15, 0.2) is 0 Å². The third kappa shape index (κ3) is 2.37. The minimum Gasteiger partial charge on any atom is -0.313 e. The number of aryl methyl sites for hydroxylation is 1. The molecule has 1 saturated heterocycles. The van der Waals surface area contributed by atoms with Crippen LogP contribution in [0.2, 0.25) is 0 Å². The fourth-order valence-corrected chi connectivity index (χ4v) is 2.61. The molecule has 1 heterocycles. The van der Waals surface area contributed by atoms with Gasteiger partial charge >= 0.3 is 0 Å². The van der Waals surface area contributed by atoms with Crippen molar-refractivity contribution in [3.63, 3.8) is 0 Å². The second kappa shape index (κ2) is 3.92. The summed E-state index contributed by atoms with van der Waals surface area (Å²) in [6.07, 6.45) is 0. The van der Waals surface area contributed by atoms with Crippen molar-refractivity contribution >= 4 is 10.0 Å². The van der Waals surface area contributed by atoms with Crippen LogP contribution in [0, 0.1) is 6.92 Å². The van der Waals surface area contributed by atoms with Gasteiger partial charge < -0.3 is 5.32 Å². The maximum atomic E-state index is 11.8. The van der Waals surface area contributed by atoms with Crippen molar-refractivity contribution in [3.05, 3.63) is 29.8 Å². The average Bonchev–Trinajstić information content (AvgIpc) is 2.13. The lowest BCUT2D eigenvalue weighted by molar-refractivity contribution is 0.410. The lowest BCUT2D eigenvalue weighted by atomic mass is 10.2. The Kier molecular flexibility index (Phi) is 2.77. The highest BCUT2D eigenvalue weighted by molar-refractivity contribution is 7.89. The van der Waals surface area contributed by atoms with E-state index in [0.29, 0.717) is 18.0 Å². The number of sulfonamides is 1. The first kappa shape index (κ1) is 10.6. The molecule has 0 saturated carbocycles. The van der Waals surface area contributed by atoms with Gasteiger partial charge in [-0.15, -0.1) is 0 Å². The predicted octanol–water partition coefficient (Wildman–Crippen LogP) is 0.245. The number of hydrogen-bond acceptors (Lipinski definition) is 3. The molecule has 2 rings (SSSR count). The van der Waals surface area contributed by atoms with E-state index in [4.69, 9.17) is 0 Å². The molecule has 0 amide bonds. The van der Waals surface area contributed by atoms with Crippen LogP contribution in [0.5, 0.6) is 0 Å². The van der Waals surface area contributed by atoms with Crippen LogP contribution in [0.4, 0.5) is 0 Å². The Morgan fingerprint density at radius 3 is 2.33 bits per heavy atom. The van der Waals surface area contributed by atoms with Gasteiger partial charge in [-0.05, 0) is 19.1 Å². The average molecular weight is 226 g/mol. The maximum Gasteiger partial charge on any atom is 0.240 e. The molecule has 0 aromatic heterocycles. The van der Waals surface area contributed by atoms with Crippen LogP contribution in [0.25, 0.3) is 0 Å². The smallest absolute Gasteiger partial charge is 0.240 e. The zero-order valence-corrected chi connectivity index (χ0v) is 9.34. The second-order valence-corrected chi connectivity index (χ2v) is 5.50. The molecule has 15 heavy (non-hydrogen) atoms. The quantitative estimate of drug-likeness (QED) is 0.776. The summed E-state index contributed by atoms with van der Waals surface area (Å²) < 4.78 is 26.3. The Labute approximate surface area is 89.7 Å². The zero-order chi connectivity index (χ0) is 10.9. The topological polar surface area (TPSA) is 58.2 Å². The van der Waals surface area contributed by atoms with Crippen LogP contribution in [0.15, 0.2) is 29.2 Å². The van der Waals surface area contributed by atoms with E-state index in [2.05, 4.69) is 10.0 Å². The van der Waals surface area contributed by atoms with Gasteiger partial charge in [-0.25, -0.2) is 13.1 Å². The van der Waals surface area contributed by atoms with Crippen LogP contribution in [-0.2, 0) is 10.0 Å². The zero-order valence-electron chi connectivity index (χ0n) is 8.53. The first-order valence-electron chi connectivity index (χ1n) is 4.88. The van der Waals surface area contributed by atoms with Gasteiger partial charge in [0, 0.05) is 19.1 Å². The molecule has 1 aromatic carbocycles. The summed E-state index contributed by atoms with van der Waals surface area (Å²) >= 11 is 0. The Hall–Kier alpha value is -0.910. The van der Waals surface area contributed by atoms with E-state index in [9.17, 15) is 8.42 Å². The monoisotopic (exact) mass is 226 g/mol. The standard InChI is InChI=1S/C10H14N2O2S/c1-8-2-4-10(5-3-8)15(13,14)12-9-6-11-7-9/h2-5,9,11-12H,6-7H2,1H3. The van der Waals surface area contributed by atoms with E-state index in [1.54, 1.807) is 24.3 Å². The van der Waals surface area contributed by atoms with Gasteiger partial charge in [0.2, 0.25) is 10.0 Å². The molecule has 82 valence electrons. The molecule has 4 nitrogen and oxygen atoms in total. The summed E-state index contributed by atoms with van der Waals surface area (Å²) in [6.45, 7) is 3.36. The van der Waals surface area contributed by atoms with E-state index in [0.717, 1.165) is 5.56 Å². The van der Waals surface area contributed by atoms with Crippen LogP contribution < -0.4 is 10.0 Å². The molecule has 0 bridgehead atoms. The largest absolute Gasteiger partial charge is 0.313 e. The minimum absolute atomic E-state index is 0.0382. The molecule has 1 fully saturated rings. The Balaban J connectivity index is 2.17. The molecule has 0 atom stereocenters. The van der Waals surface area contributed by atoms with E-state index >= 15 is 0 Å². The van der Waals surface area contributed by atoms with Gasteiger partial charge in [-0.1, -0.05) is 17.7 Å². The van der Waals surface area contributed by atoms with Gasteiger partial charge in [0.1, 0.15) is 0 Å². The summed E-state index contributed by atoms with van der Waals surface area (Å²) in [5.74, 6) is 0. The normalized spacial score (nSPS) is 17.4. The predicted molar refractivity (Wildman–Crippen MR) is 58.2 cm³/mol. The van der Waals surface area contributed by atoms with Crippen molar-refractivity contribution in [1.82, 2.24) is 10.0 Å². The van der Waals surface area contributed by atoms with E-state index < -0.39 is 10.0 Å². The minimum atomic E-state index is -3.33. The van der Waals surface area contributed by atoms with E-state index in [1.165, 1.54) is 0 Å². The number of benzene rings is 1. The van der Waals surface area contributed by atoms with Gasteiger partial charge in [0.25, 0.3) is 0 Å². The van der Waals surface area contributed by atoms with Crippen molar-refractivity contribution in [2.75, 3.05) is 13.1 Å². The van der Waals surface area contributed by atoms with Crippen molar-refractivity contribution in [2.24, 2.45) is 0 Å². The highest BCUT2D eigenvalue weighted by atomic mass is 32.2. The summed E-state index contributed by atoms with van der Waals surface area (Å²) in [5.41, 5.74) is 1.05. The molecular formula is C10H14N2O2S. The SMILES string of the molecule is Cc1ccc(S(=O)(=O)NC2CNC2)cc1. The summed E-state index contributed by atoms with van der Waals surface area (Å²) in [5, 5.41) is 3.02. The van der Waals surface area contributed by atoms with Crippen molar-refractivity contribution in [2.45, 2.75) is 17.9 Å². The highest BCUT2D eigenvalue weighted by Crippen LogP contribution is 2.11. The Bertz CT molecular complexity index is 435. The number of hydrogen-bond donors (Lipinski definition) is 2. The first-order chi connectivity index (χ1) is 7.08. The summed E-state index contributed by atoms with van der Waals surface area (Å²) in [4.78, 5) is 0.333. The summed E-state index contributed by atoms with van der Waals surface area (Å²) in [6, 6.07) is 6.89. The van der Waals surface area contributed by atoms with Crippen LogP contribution in [0.3, 0.4) is 0 Å². The number of nitrogens with one attached hydrogen (secondary N) is 2. The van der Waals surface area contributed by atoms with Crippen molar-refractivity contribution in [1.29, 1.82) is 0 Å². The van der Waals surface area contributed by atoms with Crippen LogP contribution >= 0.6 is 0 Å². The van der Waals surface area contributed by atoms with Crippen molar-refractivity contribution < 1.29 is 8.42 Å². The molecular weight excluding hydrogens is 212 g/mol. The number of rotatable bonds is 3. The molecule has 1 aromatic rings. The fraction of sp³-hybridized carbons (Fsp3) is 0.400. The molecule has 5 heteroatoms. The third-order valence-corrected chi connectivity index (χ3v) is 3.97. The Morgan fingerprint density at radius 1 is 1.27 bits per heavy atom. The lowest BCUT2D eigenvalue weighted by Gasteiger charge is -2.27. The lowest BCUT2D eigenvalue weighted by Crippen LogP contribution is -2.56. The van der Waals surface area contributed by atoms with Crippen LogP contribution in [0.1, 0.15) is 5.56 Å². The summed E-state index contributed by atoms with van der Waals surface area (Å²) in [7, 11) is -3.33. The first-order valence-corrected chi connectivity index (χ1v) is 6.36. The second-order valence-electron chi connectivity index (χ2n) is 3.79. The van der Waals surface area contributed by atoms with Gasteiger partial charge in [0.05, 0.1) is 4.90 Å².